The Morgan fingerprint density at radius 3 is 2.38 bits per heavy atom. The molecule has 0 aliphatic rings. The number of carbonyl (C=O) groups is 1. The molecule has 0 aromatic rings. The topological polar surface area (TPSA) is 62.7 Å². The monoisotopic (exact) mass is 372 g/mol. The Morgan fingerprint density at radius 1 is 1.54 bits per heavy atom. The summed E-state index contributed by atoms with van der Waals surface area (Å²) < 4.78 is 5.20. The Bertz CT molecular complexity index is 239. The summed E-state index contributed by atoms with van der Waals surface area (Å²) in [5, 5.41) is 0. The van der Waals surface area contributed by atoms with Crippen molar-refractivity contribution in [2.45, 2.75) is 30.6 Å². The van der Waals surface area contributed by atoms with Crippen LogP contribution in [0.4, 0.5) is 0 Å². The number of hydrogen-bond acceptors (Lipinski definition) is 2. The summed E-state index contributed by atoms with van der Waals surface area (Å²) in [6.45, 7) is 8.23. The fourth-order valence-corrected chi connectivity index (χ4v) is 6.00. The van der Waals surface area contributed by atoms with E-state index in [0.717, 1.165) is 0 Å². The molecule has 70 valence electrons. The second-order valence-electron chi connectivity index (χ2n) is 4.00. The van der Waals surface area contributed by atoms with Gasteiger partial charge in [0.2, 0.25) is 0 Å². The van der Waals surface area contributed by atoms with Gasteiger partial charge in [0, 0.05) is 0 Å². The molecule has 0 aromatic heterocycles. The Kier molecular flexibility index (Phi) is 5.41. The molecule has 0 saturated heterocycles. The number of carbonyl (C=O) groups excluding carboxylic acids is 1. The average Bonchev–Trinajstić information content (AvgIpc) is 1.99. The molecule has 0 saturated carbocycles. The predicted octanol–water partition coefficient (Wildman–Crippen LogP) is 1.48. The maximum absolute atomic E-state index is 11.2. The van der Waals surface area contributed by atoms with Gasteiger partial charge in [0.1, 0.15) is 0 Å². The molecule has 0 amide bonds. The molecule has 0 aliphatic carbocycles. The van der Waals surface area contributed by atoms with Crippen LogP contribution in [0, 0.1) is 0 Å². The summed E-state index contributed by atoms with van der Waals surface area (Å²) in [7, 11) is 0. The van der Waals surface area contributed by atoms with Crippen molar-refractivity contribution in [1.29, 1.82) is 0 Å². The average molecular weight is 371 g/mol. The van der Waals surface area contributed by atoms with Gasteiger partial charge in [0.15, 0.2) is 0 Å². The van der Waals surface area contributed by atoms with E-state index < -0.39 is 30.5 Å². The van der Waals surface area contributed by atoms with E-state index in [9.17, 15) is 4.79 Å². The van der Waals surface area contributed by atoms with E-state index in [-0.39, 0.29) is 2.92 Å². The molecule has 0 aliphatic heterocycles. The molecule has 0 aromatic carbocycles. The molecule has 5 heteroatoms. The first-order valence-electron chi connectivity index (χ1n) is 4.28. The van der Waals surface area contributed by atoms with Crippen LogP contribution in [-0.4, -0.2) is 20.6 Å². The molecule has 0 unspecified atom stereocenters. The predicted molar refractivity (Wildman–Crippen MR) is 45.0 cm³/mol. The third-order valence-corrected chi connectivity index (χ3v) is 8.43. The van der Waals surface area contributed by atoms with E-state index >= 15 is 0 Å². The van der Waals surface area contributed by atoms with Gasteiger partial charge >= 0.3 is 90.8 Å². The van der Waals surface area contributed by atoms with Gasteiger partial charge in [0.25, 0.3) is 0 Å². The summed E-state index contributed by atoms with van der Waals surface area (Å²) >= 11 is -1.65. The number of nitrogens with zero attached hydrogens (tertiary/aromatic N) is 2. The van der Waals surface area contributed by atoms with Gasteiger partial charge in [0.05, 0.1) is 0 Å². The summed E-state index contributed by atoms with van der Waals surface area (Å²) in [5.74, 6) is -0.443. The maximum atomic E-state index is 11.2. The minimum atomic E-state index is -1.65. The quantitative estimate of drug-likeness (QED) is 0.248. The number of hydrogen-bond donors (Lipinski definition) is 0. The van der Waals surface area contributed by atoms with Gasteiger partial charge in [-0.05, 0) is 0 Å². The first-order chi connectivity index (χ1) is 5.90. The second kappa shape index (κ2) is 5.50. The molecule has 0 radical (unpaired) electrons. The van der Waals surface area contributed by atoms with Gasteiger partial charge in [-0.15, -0.1) is 0 Å². The van der Waals surface area contributed by atoms with Crippen LogP contribution < -0.4 is 0 Å². The van der Waals surface area contributed by atoms with Crippen LogP contribution in [0.3, 0.4) is 0 Å². The van der Waals surface area contributed by atoms with Crippen molar-refractivity contribution in [3.8, 4) is 0 Å². The summed E-state index contributed by atoms with van der Waals surface area (Å²) in [4.78, 5) is 14.2. The van der Waals surface area contributed by atoms with E-state index in [4.69, 9.17) is 10.3 Å². The molecule has 0 atom stereocenters. The van der Waals surface area contributed by atoms with Crippen molar-refractivity contribution in [3.05, 3.63) is 5.53 Å². The normalized spacial score (nSPS) is 9.85. The van der Waals surface area contributed by atoms with Crippen molar-refractivity contribution in [2.24, 2.45) is 0 Å². The van der Waals surface area contributed by atoms with Gasteiger partial charge < -0.3 is 0 Å². The van der Waals surface area contributed by atoms with Crippen LogP contribution in [0.2, 0.25) is 2.92 Å². The van der Waals surface area contributed by atoms with E-state index in [1.54, 1.807) is 6.92 Å². The molecule has 13 heavy (non-hydrogen) atoms. The fraction of sp³-hybridized carbons (Fsp3) is 0.750. The van der Waals surface area contributed by atoms with Crippen molar-refractivity contribution in [1.82, 2.24) is 0 Å². The van der Waals surface area contributed by atoms with Crippen LogP contribution in [0.25, 0.3) is 5.53 Å². The van der Waals surface area contributed by atoms with Crippen LogP contribution in [0.15, 0.2) is 0 Å². The van der Waals surface area contributed by atoms with Gasteiger partial charge in [-0.2, -0.15) is 0 Å². The third kappa shape index (κ3) is 5.94. The van der Waals surface area contributed by atoms with Gasteiger partial charge in [-0.1, -0.05) is 0 Å². The van der Waals surface area contributed by atoms with Gasteiger partial charge in [-0.3, -0.25) is 0 Å². The van der Waals surface area contributed by atoms with E-state index in [0.29, 0.717) is 9.83 Å². The number of ether oxygens (including phenoxy) is 1. The first-order valence-corrected chi connectivity index (χ1v) is 9.78. The summed E-state index contributed by atoms with van der Waals surface area (Å²) in [6, 6.07) is 0. The molecule has 0 fully saturated rings. The number of esters is 1. The second-order valence-corrected chi connectivity index (χ2v) is 16.2. The summed E-state index contributed by atoms with van der Waals surface area (Å²) in [5.41, 5.74) is 8.63. The first kappa shape index (κ1) is 12.8. The molecule has 0 rings (SSSR count). The Balaban J connectivity index is 4.39. The van der Waals surface area contributed by atoms with Crippen LogP contribution in [-0.2, 0) is 34.1 Å². The van der Waals surface area contributed by atoms with Gasteiger partial charge in [-0.25, -0.2) is 0 Å². The molecular formula is C8H14HgN2O2. The van der Waals surface area contributed by atoms with E-state index in [2.05, 4.69) is 25.6 Å². The van der Waals surface area contributed by atoms with Crippen molar-refractivity contribution >= 4 is 9.19 Å². The Morgan fingerprint density at radius 2 is 2.08 bits per heavy atom. The fourth-order valence-electron chi connectivity index (χ4n) is 0.865. The molecular weight excluding hydrogens is 357 g/mol. The van der Waals surface area contributed by atoms with Crippen molar-refractivity contribution in [3.63, 3.8) is 0 Å². The molecule has 0 heterocycles. The molecule has 0 bridgehead atoms. The third-order valence-electron chi connectivity index (χ3n) is 1.33. The summed E-state index contributed by atoms with van der Waals surface area (Å²) in [6.07, 6.45) is 0. The van der Waals surface area contributed by atoms with Crippen LogP contribution >= 0.6 is 0 Å². The zero-order chi connectivity index (χ0) is 10.5. The minimum absolute atomic E-state index is 0.133. The Hall–Kier alpha value is -0.215. The Labute approximate surface area is 90.7 Å². The SMILES string of the molecule is CCOC(=O)[C](=[N+]=[N-])[Hg][C](C)(C)C. The van der Waals surface area contributed by atoms with E-state index in [1.165, 1.54) is 0 Å². The molecule has 0 N–H and O–H groups in total. The zero-order valence-electron chi connectivity index (χ0n) is 8.63. The van der Waals surface area contributed by atoms with Crippen molar-refractivity contribution in [2.75, 3.05) is 6.61 Å². The zero-order valence-corrected chi connectivity index (χ0v) is 14.1. The molecule has 4 nitrogen and oxygen atoms in total. The van der Waals surface area contributed by atoms with Crippen LogP contribution in [0.5, 0.6) is 0 Å². The van der Waals surface area contributed by atoms with Crippen LogP contribution in [0.1, 0.15) is 27.7 Å². The van der Waals surface area contributed by atoms with Crippen molar-refractivity contribution < 1.29 is 38.9 Å². The molecule has 0 spiro atoms. The standard InChI is InChI=1S/C4H5N2O2.C4H9.Hg/c1-2-8-4(7)3-6-5;1-4(2)3;/h2H2,1H3;1-3H3;. The van der Waals surface area contributed by atoms with E-state index in [1.807, 2.05) is 0 Å². The number of rotatable bonds is 3.